The zero-order valence-corrected chi connectivity index (χ0v) is 24.5. The molecule has 208 valence electrons. The van der Waals surface area contributed by atoms with Crippen LogP contribution in [-0.2, 0) is 21.2 Å². The van der Waals surface area contributed by atoms with Gasteiger partial charge in [0.15, 0.2) is 0 Å². The van der Waals surface area contributed by atoms with Crippen molar-refractivity contribution in [3.8, 4) is 11.1 Å². The second-order valence-corrected chi connectivity index (χ2v) is 14.8. The highest BCUT2D eigenvalue weighted by Crippen LogP contribution is 2.32. The predicted molar refractivity (Wildman–Crippen MR) is 159 cm³/mol. The second-order valence-electron chi connectivity index (χ2n) is 11.6. The summed E-state index contributed by atoms with van der Waals surface area (Å²) in [7, 11) is -2.47. The van der Waals surface area contributed by atoms with Gasteiger partial charge in [0.1, 0.15) is 5.60 Å². The number of benzene rings is 3. The summed E-state index contributed by atoms with van der Waals surface area (Å²) in [4.78, 5) is 28.2. The lowest BCUT2D eigenvalue weighted by Crippen LogP contribution is -2.38. The maximum absolute atomic E-state index is 13.4. The van der Waals surface area contributed by atoms with Crippen molar-refractivity contribution in [3.63, 3.8) is 0 Å². The van der Waals surface area contributed by atoms with Crippen LogP contribution >= 0.6 is 0 Å². The third-order valence-electron chi connectivity index (χ3n) is 6.95. The summed E-state index contributed by atoms with van der Waals surface area (Å²) in [5.41, 5.74) is 4.20. The summed E-state index contributed by atoms with van der Waals surface area (Å²) in [5, 5.41) is 2.82. The maximum atomic E-state index is 13.4. The number of carbonyl (C=O) groups is 2. The van der Waals surface area contributed by atoms with Crippen molar-refractivity contribution in [2.45, 2.75) is 56.6 Å². The average molecular weight is 549 g/mol. The van der Waals surface area contributed by atoms with Gasteiger partial charge < -0.3 is 15.0 Å². The molecule has 6 nitrogen and oxygen atoms in total. The number of piperidine rings is 1. The van der Waals surface area contributed by atoms with Gasteiger partial charge in [-0.2, -0.15) is 0 Å². The number of thiol groups is 1. The lowest BCUT2D eigenvalue weighted by Gasteiger charge is -2.32. The molecule has 0 aliphatic carbocycles. The number of rotatable bonds is 6. The SMILES string of the molecule is CC(C)(C)OC(=O)NCc1cccc(C2CCN(C(=O)c3cccc(-c4ccccc4[SH](C)(C)=O)c3)CC2)c1. The van der Waals surface area contributed by atoms with Crippen molar-refractivity contribution in [2.75, 3.05) is 25.6 Å². The fraction of sp³-hybridized carbons (Fsp3) is 0.375. The number of likely N-dealkylation sites (tertiary alicyclic amines) is 1. The van der Waals surface area contributed by atoms with Crippen LogP contribution in [0, 0.1) is 0 Å². The number of hydrogen-bond acceptors (Lipinski definition) is 4. The molecule has 1 saturated heterocycles. The number of nitrogens with zero attached hydrogens (tertiary/aromatic N) is 1. The van der Waals surface area contributed by atoms with Crippen LogP contribution < -0.4 is 5.32 Å². The van der Waals surface area contributed by atoms with E-state index >= 15 is 0 Å². The van der Waals surface area contributed by atoms with Crippen LogP contribution in [0.15, 0.2) is 77.7 Å². The topological polar surface area (TPSA) is 75.7 Å². The first-order valence-electron chi connectivity index (χ1n) is 13.5. The lowest BCUT2D eigenvalue weighted by atomic mass is 9.88. The molecule has 1 fully saturated rings. The van der Waals surface area contributed by atoms with E-state index in [1.807, 2.05) is 86.3 Å². The van der Waals surface area contributed by atoms with Gasteiger partial charge in [-0.15, -0.1) is 0 Å². The van der Waals surface area contributed by atoms with Gasteiger partial charge in [-0.05, 0) is 92.5 Å². The maximum Gasteiger partial charge on any atom is 0.407 e. The van der Waals surface area contributed by atoms with E-state index in [-0.39, 0.29) is 5.91 Å². The Morgan fingerprint density at radius 1 is 0.949 bits per heavy atom. The van der Waals surface area contributed by atoms with Gasteiger partial charge in [0.25, 0.3) is 5.91 Å². The summed E-state index contributed by atoms with van der Waals surface area (Å²) >= 11 is 0. The molecule has 2 amide bonds. The Kier molecular flexibility index (Phi) is 8.60. The minimum Gasteiger partial charge on any atom is -0.444 e. The van der Waals surface area contributed by atoms with E-state index in [0.717, 1.165) is 34.4 Å². The summed E-state index contributed by atoms with van der Waals surface area (Å²) in [5.74, 6) is 0.385. The second kappa shape index (κ2) is 11.7. The quantitative estimate of drug-likeness (QED) is 0.369. The van der Waals surface area contributed by atoms with Gasteiger partial charge in [-0.25, -0.2) is 4.79 Å². The van der Waals surface area contributed by atoms with E-state index in [4.69, 9.17) is 4.74 Å². The number of amides is 2. The van der Waals surface area contributed by atoms with Crippen molar-refractivity contribution in [3.05, 3.63) is 89.5 Å². The molecular formula is C32H40N2O4S. The number of alkyl carbamates (subject to hydrolysis) is 1. The minimum absolute atomic E-state index is 0.0271. The highest BCUT2D eigenvalue weighted by molar-refractivity contribution is 8.01. The highest BCUT2D eigenvalue weighted by atomic mass is 32.2. The number of hydrogen-bond donors (Lipinski definition) is 2. The fourth-order valence-electron chi connectivity index (χ4n) is 5.05. The molecule has 0 bridgehead atoms. The van der Waals surface area contributed by atoms with E-state index in [0.29, 0.717) is 31.1 Å². The van der Waals surface area contributed by atoms with Crippen LogP contribution in [0.1, 0.15) is 61.0 Å². The smallest absolute Gasteiger partial charge is 0.407 e. The molecule has 39 heavy (non-hydrogen) atoms. The normalized spacial score (nSPS) is 15.1. The van der Waals surface area contributed by atoms with E-state index < -0.39 is 21.6 Å². The molecule has 0 radical (unpaired) electrons. The average Bonchev–Trinajstić information content (AvgIpc) is 2.90. The van der Waals surface area contributed by atoms with E-state index in [9.17, 15) is 13.8 Å². The summed E-state index contributed by atoms with van der Waals surface area (Å²) in [6, 6.07) is 23.7. The molecule has 3 aromatic carbocycles. The van der Waals surface area contributed by atoms with Crippen LogP contribution in [0.3, 0.4) is 0 Å². The molecule has 4 rings (SSSR count). The Hall–Kier alpha value is -3.45. The first kappa shape index (κ1) is 28.6. The molecule has 7 heteroatoms. The van der Waals surface area contributed by atoms with Crippen molar-refractivity contribution in [2.24, 2.45) is 0 Å². The fourth-order valence-corrected chi connectivity index (χ4v) is 6.28. The summed E-state index contributed by atoms with van der Waals surface area (Å²) in [6.07, 6.45) is 4.89. The summed E-state index contributed by atoms with van der Waals surface area (Å²) in [6.45, 7) is 7.31. The standard InChI is InChI=1S/C32H40N2O4S/c1-32(2,3)38-31(36)33-22-23-10-8-11-25(20-23)24-16-18-34(19-17-24)30(35)27-13-9-12-26(21-27)28-14-6-7-15-29(28)39(4,5)37/h6-15,20-21,24,39H,16-19,22H2,1-5H3,(H,33,36). The molecular weight excluding hydrogens is 508 g/mol. The van der Waals surface area contributed by atoms with Crippen molar-refractivity contribution < 1.29 is 18.5 Å². The molecule has 1 aliphatic heterocycles. The van der Waals surface area contributed by atoms with Crippen molar-refractivity contribution in [1.82, 2.24) is 10.2 Å². The molecule has 1 N–H and O–H groups in total. The molecule has 3 aromatic rings. The van der Waals surface area contributed by atoms with E-state index in [1.54, 1.807) is 12.5 Å². The van der Waals surface area contributed by atoms with Crippen LogP contribution in [0.5, 0.6) is 0 Å². The van der Waals surface area contributed by atoms with Gasteiger partial charge in [-0.3, -0.25) is 9.00 Å². The van der Waals surface area contributed by atoms with Crippen LogP contribution in [0.4, 0.5) is 4.79 Å². The van der Waals surface area contributed by atoms with Crippen molar-refractivity contribution >= 4 is 21.9 Å². The van der Waals surface area contributed by atoms with Crippen LogP contribution in [0.25, 0.3) is 11.1 Å². The van der Waals surface area contributed by atoms with E-state index in [2.05, 4.69) is 17.4 Å². The third kappa shape index (κ3) is 7.57. The molecule has 1 heterocycles. The van der Waals surface area contributed by atoms with E-state index in [1.165, 1.54) is 5.56 Å². The molecule has 0 saturated carbocycles. The number of nitrogens with one attached hydrogen (secondary N) is 1. The van der Waals surface area contributed by atoms with Crippen LogP contribution in [0.2, 0.25) is 0 Å². The lowest BCUT2D eigenvalue weighted by molar-refractivity contribution is 0.0523. The Morgan fingerprint density at radius 3 is 2.33 bits per heavy atom. The largest absolute Gasteiger partial charge is 0.444 e. The van der Waals surface area contributed by atoms with Gasteiger partial charge >= 0.3 is 6.09 Å². The molecule has 0 spiro atoms. The number of carbonyl (C=O) groups excluding carboxylic acids is 2. The number of ether oxygens (including phenoxy) is 1. The van der Waals surface area contributed by atoms with Gasteiger partial charge in [0, 0.05) is 30.1 Å². The van der Waals surface area contributed by atoms with Gasteiger partial charge in [0.2, 0.25) is 0 Å². The first-order chi connectivity index (χ1) is 18.4. The Labute approximate surface area is 233 Å². The molecule has 0 aromatic heterocycles. The Bertz CT molecular complexity index is 1380. The Morgan fingerprint density at radius 2 is 1.64 bits per heavy atom. The molecule has 0 unspecified atom stereocenters. The minimum atomic E-state index is -2.47. The van der Waals surface area contributed by atoms with Gasteiger partial charge in [0.05, 0.1) is 0 Å². The highest BCUT2D eigenvalue weighted by Gasteiger charge is 2.25. The predicted octanol–water partition coefficient (Wildman–Crippen LogP) is 6.03. The molecule has 0 atom stereocenters. The third-order valence-corrected chi connectivity index (χ3v) is 8.50. The first-order valence-corrected chi connectivity index (χ1v) is 16.1. The van der Waals surface area contributed by atoms with Crippen LogP contribution in [-0.4, -0.2) is 52.3 Å². The Balaban J connectivity index is 1.39. The van der Waals surface area contributed by atoms with Crippen molar-refractivity contribution in [1.29, 1.82) is 0 Å². The zero-order chi connectivity index (χ0) is 28.2. The van der Waals surface area contributed by atoms with Gasteiger partial charge in [-0.1, -0.05) is 64.5 Å². The summed E-state index contributed by atoms with van der Waals surface area (Å²) < 4.78 is 18.2. The molecule has 1 aliphatic rings. The zero-order valence-electron chi connectivity index (χ0n) is 23.6. The monoisotopic (exact) mass is 548 g/mol.